The third kappa shape index (κ3) is 4.91. The number of methoxy groups -OCH3 is 2. The van der Waals surface area contributed by atoms with E-state index in [0.29, 0.717) is 28.8 Å². The average Bonchev–Trinajstić information content (AvgIpc) is 3.25. The van der Waals surface area contributed by atoms with Gasteiger partial charge in [0.1, 0.15) is 0 Å². The van der Waals surface area contributed by atoms with Crippen molar-refractivity contribution in [2.75, 3.05) is 26.1 Å². The summed E-state index contributed by atoms with van der Waals surface area (Å²) in [6, 6.07) is 19.0. The molecule has 0 saturated carbocycles. The molecule has 1 heterocycles. The van der Waals surface area contributed by atoms with Crippen LogP contribution >= 0.6 is 11.6 Å². The SMILES string of the molecule is COc1ccc(C(CNC(=O)Nc2cc(Cl)ccc2C)c2c[nH]c3ccccc23)cc1OC. The van der Waals surface area contributed by atoms with Crippen LogP contribution in [0.4, 0.5) is 10.5 Å². The van der Waals surface area contributed by atoms with E-state index < -0.39 is 0 Å². The summed E-state index contributed by atoms with van der Waals surface area (Å²) < 4.78 is 10.9. The molecule has 2 amide bonds. The van der Waals surface area contributed by atoms with Crippen LogP contribution in [0.15, 0.2) is 66.9 Å². The first-order valence-corrected chi connectivity index (χ1v) is 11.0. The number of benzene rings is 3. The Bertz CT molecular complexity index is 1290. The van der Waals surface area contributed by atoms with E-state index in [1.54, 1.807) is 26.4 Å². The first-order chi connectivity index (χ1) is 16.0. The second kappa shape index (κ2) is 9.88. The maximum atomic E-state index is 12.8. The highest BCUT2D eigenvalue weighted by Gasteiger charge is 2.21. The van der Waals surface area contributed by atoms with Crippen LogP contribution < -0.4 is 20.1 Å². The number of halogens is 1. The number of hydrogen-bond donors (Lipinski definition) is 3. The number of H-pyrrole nitrogens is 1. The Morgan fingerprint density at radius 2 is 1.82 bits per heavy atom. The molecule has 0 aliphatic carbocycles. The molecule has 0 spiro atoms. The second-order valence-electron chi connectivity index (χ2n) is 7.75. The lowest BCUT2D eigenvalue weighted by molar-refractivity contribution is 0.252. The molecule has 4 aromatic rings. The predicted octanol–water partition coefficient (Wildman–Crippen LogP) is 6.10. The fourth-order valence-electron chi connectivity index (χ4n) is 3.95. The Balaban J connectivity index is 1.63. The molecule has 3 N–H and O–H groups in total. The van der Waals surface area contributed by atoms with E-state index in [9.17, 15) is 4.79 Å². The van der Waals surface area contributed by atoms with Crippen LogP contribution in [-0.2, 0) is 0 Å². The summed E-state index contributed by atoms with van der Waals surface area (Å²) in [6.07, 6.45) is 1.99. The van der Waals surface area contributed by atoms with E-state index in [1.165, 1.54) is 0 Å². The monoisotopic (exact) mass is 463 g/mol. The molecule has 0 radical (unpaired) electrons. The van der Waals surface area contributed by atoms with Gasteiger partial charge in [-0.05, 0) is 53.9 Å². The van der Waals surface area contributed by atoms with Crippen molar-refractivity contribution in [3.8, 4) is 11.5 Å². The van der Waals surface area contributed by atoms with Crippen molar-refractivity contribution < 1.29 is 14.3 Å². The largest absolute Gasteiger partial charge is 0.493 e. The number of aromatic nitrogens is 1. The molecule has 1 aromatic heterocycles. The van der Waals surface area contributed by atoms with Crippen molar-refractivity contribution in [3.63, 3.8) is 0 Å². The summed E-state index contributed by atoms with van der Waals surface area (Å²) in [7, 11) is 3.22. The lowest BCUT2D eigenvalue weighted by atomic mass is 9.90. The van der Waals surface area contributed by atoms with Gasteiger partial charge in [-0.3, -0.25) is 0 Å². The van der Waals surface area contributed by atoms with Crippen molar-refractivity contribution in [2.45, 2.75) is 12.8 Å². The summed E-state index contributed by atoms with van der Waals surface area (Å²) in [5.41, 5.74) is 4.73. The zero-order valence-corrected chi connectivity index (χ0v) is 19.5. The van der Waals surface area contributed by atoms with Gasteiger partial charge in [-0.2, -0.15) is 0 Å². The quantitative estimate of drug-likeness (QED) is 0.310. The molecule has 3 aromatic carbocycles. The van der Waals surface area contributed by atoms with Crippen LogP contribution in [0.25, 0.3) is 10.9 Å². The van der Waals surface area contributed by atoms with Crippen molar-refractivity contribution in [1.29, 1.82) is 0 Å². The average molecular weight is 464 g/mol. The Labute approximate surface area is 197 Å². The third-order valence-electron chi connectivity index (χ3n) is 5.72. The third-order valence-corrected chi connectivity index (χ3v) is 5.96. The van der Waals surface area contributed by atoms with Crippen LogP contribution in [0.2, 0.25) is 5.02 Å². The minimum atomic E-state index is -0.300. The fourth-order valence-corrected chi connectivity index (χ4v) is 4.12. The number of fused-ring (bicyclic) bond motifs is 1. The van der Waals surface area contributed by atoms with Gasteiger partial charge in [0, 0.05) is 40.3 Å². The van der Waals surface area contributed by atoms with E-state index in [0.717, 1.165) is 27.6 Å². The van der Waals surface area contributed by atoms with E-state index in [-0.39, 0.29) is 11.9 Å². The highest BCUT2D eigenvalue weighted by Crippen LogP contribution is 2.35. The van der Waals surface area contributed by atoms with Crippen molar-refractivity contribution in [3.05, 3.63) is 88.6 Å². The Hall–Kier alpha value is -3.64. The molecule has 170 valence electrons. The number of anilines is 1. The lowest BCUT2D eigenvalue weighted by Crippen LogP contribution is -2.33. The maximum Gasteiger partial charge on any atom is 0.319 e. The van der Waals surface area contributed by atoms with Crippen molar-refractivity contribution >= 4 is 34.2 Å². The van der Waals surface area contributed by atoms with Crippen LogP contribution in [0, 0.1) is 6.92 Å². The number of aryl methyl sites for hydroxylation is 1. The maximum absolute atomic E-state index is 12.8. The molecule has 4 rings (SSSR count). The van der Waals surface area contributed by atoms with Crippen LogP contribution in [-0.4, -0.2) is 31.8 Å². The van der Waals surface area contributed by atoms with E-state index >= 15 is 0 Å². The van der Waals surface area contributed by atoms with E-state index in [1.807, 2.05) is 55.6 Å². The van der Waals surface area contributed by atoms with Gasteiger partial charge in [-0.25, -0.2) is 4.79 Å². The van der Waals surface area contributed by atoms with Crippen LogP contribution in [0.3, 0.4) is 0 Å². The number of ether oxygens (including phenoxy) is 2. The molecule has 0 aliphatic rings. The first kappa shape index (κ1) is 22.6. The summed E-state index contributed by atoms with van der Waals surface area (Å²) in [5.74, 6) is 1.17. The number of carbonyl (C=O) groups is 1. The number of rotatable bonds is 7. The summed E-state index contributed by atoms with van der Waals surface area (Å²) in [5, 5.41) is 7.58. The van der Waals surface area contributed by atoms with Gasteiger partial charge >= 0.3 is 6.03 Å². The second-order valence-corrected chi connectivity index (χ2v) is 8.19. The van der Waals surface area contributed by atoms with Gasteiger partial charge in [0.05, 0.1) is 14.2 Å². The van der Waals surface area contributed by atoms with Gasteiger partial charge in [-0.15, -0.1) is 0 Å². The number of aromatic amines is 1. The Morgan fingerprint density at radius 1 is 1.03 bits per heavy atom. The molecule has 0 aliphatic heterocycles. The summed E-state index contributed by atoms with van der Waals surface area (Å²) in [6.45, 7) is 2.30. The molecular formula is C26H26ClN3O3. The molecule has 0 bridgehead atoms. The Morgan fingerprint density at radius 3 is 2.61 bits per heavy atom. The summed E-state index contributed by atoms with van der Waals surface area (Å²) in [4.78, 5) is 16.1. The molecule has 6 nitrogen and oxygen atoms in total. The number of nitrogens with one attached hydrogen (secondary N) is 3. The smallest absolute Gasteiger partial charge is 0.319 e. The normalized spacial score (nSPS) is 11.8. The Kier molecular flexibility index (Phi) is 6.75. The van der Waals surface area contributed by atoms with E-state index in [2.05, 4.69) is 21.7 Å². The first-order valence-electron chi connectivity index (χ1n) is 10.6. The number of carbonyl (C=O) groups excluding carboxylic acids is 1. The standard InChI is InChI=1S/C26H26ClN3O3/c1-16-8-10-18(27)13-23(16)30-26(31)29-14-20(17-9-11-24(32-2)25(12-17)33-3)21-15-28-22-7-5-4-6-19(21)22/h4-13,15,20,28H,14H2,1-3H3,(H2,29,30,31). The van der Waals surface area contributed by atoms with Crippen LogP contribution in [0.5, 0.6) is 11.5 Å². The molecule has 1 atom stereocenters. The van der Waals surface area contributed by atoms with Gasteiger partial charge < -0.3 is 25.1 Å². The minimum absolute atomic E-state index is 0.118. The molecule has 1 unspecified atom stereocenters. The number of hydrogen-bond acceptors (Lipinski definition) is 3. The van der Waals surface area contributed by atoms with Gasteiger partial charge in [0.25, 0.3) is 0 Å². The lowest BCUT2D eigenvalue weighted by Gasteiger charge is -2.20. The van der Waals surface area contributed by atoms with Crippen LogP contribution in [0.1, 0.15) is 22.6 Å². The molecule has 0 saturated heterocycles. The van der Waals surface area contributed by atoms with E-state index in [4.69, 9.17) is 21.1 Å². The van der Waals surface area contributed by atoms with Gasteiger partial charge in [0.2, 0.25) is 0 Å². The summed E-state index contributed by atoms with van der Waals surface area (Å²) >= 11 is 6.09. The molecule has 33 heavy (non-hydrogen) atoms. The van der Waals surface area contributed by atoms with Gasteiger partial charge in [0.15, 0.2) is 11.5 Å². The zero-order valence-electron chi connectivity index (χ0n) is 18.7. The number of amides is 2. The molecular weight excluding hydrogens is 438 g/mol. The van der Waals surface area contributed by atoms with Crippen molar-refractivity contribution in [2.24, 2.45) is 0 Å². The van der Waals surface area contributed by atoms with Gasteiger partial charge in [-0.1, -0.05) is 41.9 Å². The fraction of sp³-hybridized carbons (Fsp3) is 0.192. The number of urea groups is 1. The molecule has 7 heteroatoms. The topological polar surface area (TPSA) is 75.4 Å². The highest BCUT2D eigenvalue weighted by atomic mass is 35.5. The minimum Gasteiger partial charge on any atom is -0.493 e. The number of para-hydroxylation sites is 1. The molecule has 0 fully saturated rings. The zero-order chi connectivity index (χ0) is 23.4. The highest BCUT2D eigenvalue weighted by molar-refractivity contribution is 6.31. The van der Waals surface area contributed by atoms with Crippen molar-refractivity contribution in [1.82, 2.24) is 10.3 Å². The predicted molar refractivity (Wildman–Crippen MR) is 133 cm³/mol.